The van der Waals surface area contributed by atoms with E-state index in [1.807, 2.05) is 4.90 Å². The van der Waals surface area contributed by atoms with Gasteiger partial charge in [0.05, 0.1) is 6.42 Å². The molecule has 1 saturated carbocycles. The van der Waals surface area contributed by atoms with Crippen LogP contribution in [0.2, 0.25) is 0 Å². The summed E-state index contributed by atoms with van der Waals surface area (Å²) in [6.45, 7) is 4.14. The summed E-state index contributed by atoms with van der Waals surface area (Å²) in [5.41, 5.74) is 0. The first-order chi connectivity index (χ1) is 8.99. The standard InChI is InChI=1S/C14H24N2O3/c1-9-4-3-5-10(2)16(9)14(19)15-12(8-13(17)18)11-6-7-11/h9-12H,3-8H2,1-2H3,(H,15,19)(H,17,18)/t9-,10+,12?. The van der Waals surface area contributed by atoms with Gasteiger partial charge in [0.2, 0.25) is 0 Å². The zero-order valence-electron chi connectivity index (χ0n) is 11.8. The highest BCUT2D eigenvalue weighted by molar-refractivity contribution is 5.76. The lowest BCUT2D eigenvalue weighted by Gasteiger charge is -2.39. The Morgan fingerprint density at radius 3 is 2.26 bits per heavy atom. The molecule has 5 nitrogen and oxygen atoms in total. The molecule has 5 heteroatoms. The lowest BCUT2D eigenvalue weighted by Crippen LogP contribution is -2.54. The van der Waals surface area contributed by atoms with Crippen LogP contribution in [0.4, 0.5) is 4.79 Å². The highest BCUT2D eigenvalue weighted by Gasteiger charge is 2.36. The van der Waals surface area contributed by atoms with Crippen molar-refractivity contribution in [1.82, 2.24) is 10.2 Å². The zero-order valence-corrected chi connectivity index (χ0v) is 11.8. The van der Waals surface area contributed by atoms with E-state index < -0.39 is 5.97 Å². The van der Waals surface area contributed by atoms with Crippen molar-refractivity contribution in [3.63, 3.8) is 0 Å². The molecule has 0 aromatic carbocycles. The van der Waals surface area contributed by atoms with Gasteiger partial charge in [-0.05, 0) is 51.9 Å². The molecule has 19 heavy (non-hydrogen) atoms. The van der Waals surface area contributed by atoms with Crippen LogP contribution in [-0.4, -0.2) is 40.1 Å². The molecule has 2 amide bonds. The summed E-state index contributed by atoms with van der Waals surface area (Å²) in [5, 5.41) is 11.9. The topological polar surface area (TPSA) is 69.6 Å². The van der Waals surface area contributed by atoms with Gasteiger partial charge in [-0.15, -0.1) is 0 Å². The minimum atomic E-state index is -0.836. The van der Waals surface area contributed by atoms with E-state index >= 15 is 0 Å². The Kier molecular flexibility index (Phi) is 4.32. The Balaban J connectivity index is 1.95. The molecule has 2 aliphatic rings. The van der Waals surface area contributed by atoms with Crippen LogP contribution < -0.4 is 5.32 Å². The second-order valence-electron chi connectivity index (χ2n) is 6.03. The maximum absolute atomic E-state index is 12.4. The summed E-state index contributed by atoms with van der Waals surface area (Å²) in [5.74, 6) is -0.479. The van der Waals surface area contributed by atoms with Crippen LogP contribution >= 0.6 is 0 Å². The fourth-order valence-corrected chi connectivity index (χ4v) is 3.08. The van der Waals surface area contributed by atoms with Gasteiger partial charge in [0, 0.05) is 18.1 Å². The predicted molar refractivity (Wildman–Crippen MR) is 71.9 cm³/mol. The van der Waals surface area contributed by atoms with E-state index in [-0.39, 0.29) is 30.6 Å². The first-order valence-electron chi connectivity index (χ1n) is 7.29. The van der Waals surface area contributed by atoms with Crippen molar-refractivity contribution in [3.8, 4) is 0 Å². The third-order valence-electron chi connectivity index (χ3n) is 4.32. The number of rotatable bonds is 4. The molecule has 2 N–H and O–H groups in total. The summed E-state index contributed by atoms with van der Waals surface area (Å²) in [4.78, 5) is 25.1. The molecule has 3 atom stereocenters. The van der Waals surface area contributed by atoms with Crippen molar-refractivity contribution in [2.24, 2.45) is 5.92 Å². The maximum Gasteiger partial charge on any atom is 0.318 e. The van der Waals surface area contributed by atoms with Crippen LogP contribution in [-0.2, 0) is 4.79 Å². The van der Waals surface area contributed by atoms with Gasteiger partial charge in [-0.25, -0.2) is 4.79 Å². The molecule has 1 saturated heterocycles. The van der Waals surface area contributed by atoms with Gasteiger partial charge in [0.15, 0.2) is 0 Å². The van der Waals surface area contributed by atoms with Gasteiger partial charge in [0.25, 0.3) is 0 Å². The largest absolute Gasteiger partial charge is 0.481 e. The number of piperidine rings is 1. The molecule has 0 spiro atoms. The fourth-order valence-electron chi connectivity index (χ4n) is 3.08. The number of hydrogen-bond donors (Lipinski definition) is 2. The monoisotopic (exact) mass is 268 g/mol. The van der Waals surface area contributed by atoms with Crippen molar-refractivity contribution < 1.29 is 14.7 Å². The molecule has 108 valence electrons. The lowest BCUT2D eigenvalue weighted by atomic mass is 9.98. The van der Waals surface area contributed by atoms with Crippen molar-refractivity contribution in [2.45, 2.75) is 70.5 Å². The molecule has 0 aromatic heterocycles. The summed E-state index contributed by atoms with van der Waals surface area (Å²) in [7, 11) is 0. The molecule has 1 heterocycles. The minimum Gasteiger partial charge on any atom is -0.481 e. The highest BCUT2D eigenvalue weighted by atomic mass is 16.4. The molecule has 0 bridgehead atoms. The van der Waals surface area contributed by atoms with Crippen molar-refractivity contribution in [2.75, 3.05) is 0 Å². The van der Waals surface area contributed by atoms with E-state index in [0.29, 0.717) is 5.92 Å². The van der Waals surface area contributed by atoms with Crippen LogP contribution in [0, 0.1) is 5.92 Å². The smallest absolute Gasteiger partial charge is 0.318 e. The number of nitrogens with zero attached hydrogens (tertiary/aromatic N) is 1. The van der Waals surface area contributed by atoms with Crippen LogP contribution in [0.15, 0.2) is 0 Å². The number of carboxylic acids is 1. The normalized spacial score (nSPS) is 28.8. The van der Waals surface area contributed by atoms with Gasteiger partial charge >= 0.3 is 12.0 Å². The molecule has 1 aliphatic carbocycles. The van der Waals surface area contributed by atoms with E-state index in [9.17, 15) is 9.59 Å². The first-order valence-corrected chi connectivity index (χ1v) is 7.29. The highest BCUT2D eigenvalue weighted by Crippen LogP contribution is 2.34. The molecular formula is C14H24N2O3. The summed E-state index contributed by atoms with van der Waals surface area (Å²) in [6.07, 6.45) is 5.32. The molecule has 0 radical (unpaired) electrons. The Hall–Kier alpha value is -1.26. The number of urea groups is 1. The maximum atomic E-state index is 12.4. The molecule has 2 fully saturated rings. The van der Waals surface area contributed by atoms with E-state index in [4.69, 9.17) is 5.11 Å². The molecule has 1 unspecified atom stereocenters. The average Bonchev–Trinajstić information content (AvgIpc) is 3.10. The van der Waals surface area contributed by atoms with Crippen LogP contribution in [0.25, 0.3) is 0 Å². The zero-order chi connectivity index (χ0) is 14.0. The quantitative estimate of drug-likeness (QED) is 0.821. The van der Waals surface area contributed by atoms with Crippen LogP contribution in [0.5, 0.6) is 0 Å². The predicted octanol–water partition coefficient (Wildman–Crippen LogP) is 2.21. The van der Waals surface area contributed by atoms with E-state index in [1.165, 1.54) is 0 Å². The second-order valence-corrected chi connectivity index (χ2v) is 6.03. The van der Waals surface area contributed by atoms with Crippen molar-refractivity contribution in [1.29, 1.82) is 0 Å². The second kappa shape index (κ2) is 5.80. The summed E-state index contributed by atoms with van der Waals surface area (Å²) < 4.78 is 0. The molecular weight excluding hydrogens is 244 g/mol. The lowest BCUT2D eigenvalue weighted by molar-refractivity contribution is -0.137. The first kappa shape index (κ1) is 14.2. The number of likely N-dealkylation sites (tertiary alicyclic amines) is 1. The van der Waals surface area contributed by atoms with Gasteiger partial charge in [-0.3, -0.25) is 4.79 Å². The number of aliphatic carboxylic acids is 1. The summed E-state index contributed by atoms with van der Waals surface area (Å²) >= 11 is 0. The number of amides is 2. The number of nitrogens with one attached hydrogen (secondary N) is 1. The van der Waals surface area contributed by atoms with Gasteiger partial charge in [-0.2, -0.15) is 0 Å². The van der Waals surface area contributed by atoms with E-state index in [0.717, 1.165) is 32.1 Å². The minimum absolute atomic E-state index is 0.0347. The average molecular weight is 268 g/mol. The SMILES string of the molecule is C[C@@H]1CCC[C@H](C)N1C(=O)NC(CC(=O)O)C1CC1. The third-order valence-corrected chi connectivity index (χ3v) is 4.32. The van der Waals surface area contributed by atoms with E-state index in [1.54, 1.807) is 0 Å². The van der Waals surface area contributed by atoms with Gasteiger partial charge < -0.3 is 15.3 Å². The Morgan fingerprint density at radius 2 is 1.79 bits per heavy atom. The Bertz CT molecular complexity index is 345. The Labute approximate surface area is 114 Å². The van der Waals surface area contributed by atoms with Gasteiger partial charge in [-0.1, -0.05) is 0 Å². The third kappa shape index (κ3) is 3.61. The number of hydrogen-bond acceptors (Lipinski definition) is 2. The number of carbonyl (C=O) groups excluding carboxylic acids is 1. The van der Waals surface area contributed by atoms with E-state index in [2.05, 4.69) is 19.2 Å². The number of carboxylic acid groups (broad SMARTS) is 1. The Morgan fingerprint density at radius 1 is 1.21 bits per heavy atom. The number of carbonyl (C=O) groups is 2. The van der Waals surface area contributed by atoms with Crippen molar-refractivity contribution in [3.05, 3.63) is 0 Å². The van der Waals surface area contributed by atoms with Crippen molar-refractivity contribution >= 4 is 12.0 Å². The fraction of sp³-hybridized carbons (Fsp3) is 0.857. The van der Waals surface area contributed by atoms with Crippen LogP contribution in [0.1, 0.15) is 52.4 Å². The molecule has 0 aromatic rings. The molecule has 1 aliphatic heterocycles. The van der Waals surface area contributed by atoms with Gasteiger partial charge in [0.1, 0.15) is 0 Å². The van der Waals surface area contributed by atoms with Crippen LogP contribution in [0.3, 0.4) is 0 Å². The summed E-state index contributed by atoms with van der Waals surface area (Å²) in [6, 6.07) is 0.200. The molecule has 2 rings (SSSR count).